The molecular formula is C19H21BrO2. The molecule has 0 spiro atoms. The summed E-state index contributed by atoms with van der Waals surface area (Å²) in [5.74, 6) is -0.146. The summed E-state index contributed by atoms with van der Waals surface area (Å²) in [6.07, 6.45) is 9.48. The van der Waals surface area contributed by atoms with Crippen molar-refractivity contribution in [1.29, 1.82) is 0 Å². The van der Waals surface area contributed by atoms with E-state index in [9.17, 15) is 4.79 Å². The average molecular weight is 361 g/mol. The molecule has 1 aromatic carbocycles. The number of hydrogen-bond donors (Lipinski definition) is 0. The number of esters is 1. The lowest BCUT2D eigenvalue weighted by Gasteiger charge is -2.18. The molecule has 0 N–H and O–H groups in total. The maximum Gasteiger partial charge on any atom is 0.313 e. The van der Waals surface area contributed by atoms with E-state index in [1.54, 1.807) is 0 Å². The fourth-order valence-corrected chi connectivity index (χ4v) is 2.82. The van der Waals surface area contributed by atoms with Crippen LogP contribution in [0.5, 0.6) is 0 Å². The molecule has 2 atom stereocenters. The maximum atomic E-state index is 12.2. The minimum Gasteiger partial charge on any atom is -0.466 e. The summed E-state index contributed by atoms with van der Waals surface area (Å²) < 4.78 is 6.30. The van der Waals surface area contributed by atoms with Gasteiger partial charge in [0.1, 0.15) is 0 Å². The molecule has 2 rings (SSSR count). The summed E-state index contributed by atoms with van der Waals surface area (Å²) in [6.45, 7) is 4.15. The van der Waals surface area contributed by atoms with Crippen LogP contribution < -0.4 is 0 Å². The molecule has 0 saturated heterocycles. The van der Waals surface area contributed by atoms with Crippen molar-refractivity contribution in [2.45, 2.75) is 20.3 Å². The van der Waals surface area contributed by atoms with E-state index in [0.717, 1.165) is 22.0 Å². The minimum atomic E-state index is -0.273. The number of carbonyl (C=O) groups excluding carboxylic acids is 1. The number of hydrogen-bond acceptors (Lipinski definition) is 2. The second-order valence-corrected chi connectivity index (χ2v) is 6.23. The molecule has 116 valence electrons. The molecule has 3 heteroatoms. The van der Waals surface area contributed by atoms with Crippen molar-refractivity contribution in [2.24, 2.45) is 11.8 Å². The standard InChI is InChI=1S/C19H21BrO2/c1-3-22-19(21)14(2)18(16-7-5-4-6-8-16)13-15-9-11-17(20)12-10-15/h4-9,11-15H,3,10H2,1-2H3/b18-13+. The van der Waals surface area contributed by atoms with Crippen molar-refractivity contribution in [3.05, 3.63) is 64.7 Å². The third-order valence-corrected chi connectivity index (χ3v) is 4.28. The summed E-state index contributed by atoms with van der Waals surface area (Å²) in [5, 5.41) is 0. The maximum absolute atomic E-state index is 12.2. The summed E-state index contributed by atoms with van der Waals surface area (Å²) in [7, 11) is 0. The third kappa shape index (κ3) is 4.44. The highest BCUT2D eigenvalue weighted by molar-refractivity contribution is 9.11. The molecular weight excluding hydrogens is 340 g/mol. The smallest absolute Gasteiger partial charge is 0.313 e. The first-order valence-electron chi connectivity index (χ1n) is 7.59. The van der Waals surface area contributed by atoms with Crippen molar-refractivity contribution in [3.63, 3.8) is 0 Å². The van der Waals surface area contributed by atoms with Gasteiger partial charge in [0.25, 0.3) is 0 Å². The van der Waals surface area contributed by atoms with Crippen LogP contribution in [0.3, 0.4) is 0 Å². The Morgan fingerprint density at radius 2 is 2.14 bits per heavy atom. The van der Waals surface area contributed by atoms with Crippen LogP contribution in [0.4, 0.5) is 0 Å². The first-order chi connectivity index (χ1) is 10.6. The Kier molecular flexibility index (Phi) is 6.20. The van der Waals surface area contributed by atoms with E-state index < -0.39 is 0 Å². The molecule has 22 heavy (non-hydrogen) atoms. The number of ether oxygens (including phenoxy) is 1. The van der Waals surface area contributed by atoms with Gasteiger partial charge in [-0.15, -0.1) is 0 Å². The summed E-state index contributed by atoms with van der Waals surface area (Å²) in [6, 6.07) is 10.1. The Morgan fingerprint density at radius 3 is 2.73 bits per heavy atom. The van der Waals surface area contributed by atoms with E-state index in [0.29, 0.717) is 12.5 Å². The summed E-state index contributed by atoms with van der Waals surface area (Å²) in [4.78, 5) is 12.2. The van der Waals surface area contributed by atoms with Gasteiger partial charge in [0, 0.05) is 4.48 Å². The molecule has 2 unspecified atom stereocenters. The molecule has 0 radical (unpaired) electrons. The van der Waals surface area contributed by atoms with Crippen LogP contribution in [0.15, 0.2) is 59.1 Å². The van der Waals surface area contributed by atoms with Crippen LogP contribution in [0.25, 0.3) is 5.57 Å². The Labute approximate surface area is 140 Å². The van der Waals surface area contributed by atoms with Gasteiger partial charge in [-0.2, -0.15) is 0 Å². The third-order valence-electron chi connectivity index (χ3n) is 3.70. The van der Waals surface area contributed by atoms with E-state index in [1.807, 2.05) is 44.2 Å². The van der Waals surface area contributed by atoms with Crippen molar-refractivity contribution >= 4 is 27.5 Å². The van der Waals surface area contributed by atoms with E-state index in [1.165, 1.54) is 0 Å². The SMILES string of the molecule is CCOC(=O)C(C)/C(=C\C1C=CC(Br)=CC1)c1ccccc1. The first kappa shape index (κ1) is 16.8. The van der Waals surface area contributed by atoms with Crippen LogP contribution in [0.2, 0.25) is 0 Å². The van der Waals surface area contributed by atoms with Gasteiger partial charge in [-0.1, -0.05) is 70.6 Å². The molecule has 1 aromatic rings. The molecule has 0 aromatic heterocycles. The molecule has 1 aliphatic rings. The lowest BCUT2D eigenvalue weighted by molar-refractivity contribution is -0.145. The number of carbonyl (C=O) groups is 1. The quantitative estimate of drug-likeness (QED) is 0.680. The van der Waals surface area contributed by atoms with Gasteiger partial charge in [0.05, 0.1) is 12.5 Å². The normalized spacial score (nSPS) is 19.5. The molecule has 2 nitrogen and oxygen atoms in total. The van der Waals surface area contributed by atoms with Gasteiger partial charge in [-0.05, 0) is 37.3 Å². The topological polar surface area (TPSA) is 26.3 Å². The monoisotopic (exact) mass is 360 g/mol. The van der Waals surface area contributed by atoms with E-state index in [-0.39, 0.29) is 11.9 Å². The fourth-order valence-electron chi connectivity index (χ4n) is 2.48. The van der Waals surface area contributed by atoms with Crippen LogP contribution >= 0.6 is 15.9 Å². The Morgan fingerprint density at radius 1 is 1.41 bits per heavy atom. The molecule has 0 fully saturated rings. The van der Waals surface area contributed by atoms with Crippen molar-refractivity contribution < 1.29 is 9.53 Å². The Balaban J connectivity index is 2.30. The average Bonchev–Trinajstić information content (AvgIpc) is 2.55. The van der Waals surface area contributed by atoms with E-state index >= 15 is 0 Å². The van der Waals surface area contributed by atoms with Gasteiger partial charge >= 0.3 is 5.97 Å². The predicted octanol–water partition coefficient (Wildman–Crippen LogP) is 5.12. The molecule has 0 amide bonds. The molecule has 0 saturated carbocycles. The highest BCUT2D eigenvalue weighted by Crippen LogP contribution is 2.29. The Bertz CT molecular complexity index is 599. The second-order valence-electron chi connectivity index (χ2n) is 5.31. The van der Waals surface area contributed by atoms with Crippen LogP contribution in [0.1, 0.15) is 25.8 Å². The minimum absolute atomic E-state index is 0.172. The molecule has 0 aliphatic heterocycles. The van der Waals surface area contributed by atoms with Gasteiger partial charge in [-0.25, -0.2) is 0 Å². The zero-order chi connectivity index (χ0) is 15.9. The van der Waals surface area contributed by atoms with E-state index in [4.69, 9.17) is 4.74 Å². The summed E-state index contributed by atoms with van der Waals surface area (Å²) >= 11 is 3.48. The van der Waals surface area contributed by atoms with Crippen LogP contribution in [-0.2, 0) is 9.53 Å². The molecule has 0 heterocycles. The molecule has 1 aliphatic carbocycles. The van der Waals surface area contributed by atoms with Gasteiger partial charge in [-0.3, -0.25) is 4.79 Å². The fraction of sp³-hybridized carbons (Fsp3) is 0.316. The van der Waals surface area contributed by atoms with Crippen LogP contribution in [0, 0.1) is 11.8 Å². The highest BCUT2D eigenvalue weighted by atomic mass is 79.9. The van der Waals surface area contributed by atoms with E-state index in [2.05, 4.69) is 40.2 Å². The number of rotatable bonds is 5. The van der Waals surface area contributed by atoms with Crippen LogP contribution in [-0.4, -0.2) is 12.6 Å². The van der Waals surface area contributed by atoms with Gasteiger partial charge < -0.3 is 4.74 Å². The van der Waals surface area contributed by atoms with Crippen molar-refractivity contribution in [3.8, 4) is 0 Å². The molecule has 0 bridgehead atoms. The number of benzene rings is 1. The largest absolute Gasteiger partial charge is 0.466 e. The number of halogens is 1. The van der Waals surface area contributed by atoms with Crippen molar-refractivity contribution in [1.82, 2.24) is 0 Å². The Hall–Kier alpha value is -1.61. The first-order valence-corrected chi connectivity index (χ1v) is 8.38. The second kappa shape index (κ2) is 8.14. The summed E-state index contributed by atoms with van der Waals surface area (Å²) in [5.41, 5.74) is 2.10. The van der Waals surface area contributed by atoms with Gasteiger partial charge in [0.2, 0.25) is 0 Å². The zero-order valence-electron chi connectivity index (χ0n) is 13.0. The zero-order valence-corrected chi connectivity index (χ0v) is 14.5. The highest BCUT2D eigenvalue weighted by Gasteiger charge is 2.21. The lowest BCUT2D eigenvalue weighted by Crippen LogP contribution is -2.17. The van der Waals surface area contributed by atoms with Gasteiger partial charge in [0.15, 0.2) is 0 Å². The lowest BCUT2D eigenvalue weighted by atomic mass is 9.88. The van der Waals surface area contributed by atoms with Crippen molar-refractivity contribution in [2.75, 3.05) is 6.61 Å². The number of allylic oxidation sites excluding steroid dienone is 5. The predicted molar refractivity (Wildman–Crippen MR) is 94.5 cm³/mol.